The van der Waals surface area contributed by atoms with Gasteiger partial charge >= 0.3 is 0 Å². The lowest BCUT2D eigenvalue weighted by molar-refractivity contribution is -0.140. The van der Waals surface area contributed by atoms with Gasteiger partial charge in [-0.1, -0.05) is 6.42 Å². The molecule has 0 spiro atoms. The molecule has 3 unspecified atom stereocenters. The molecule has 3 fully saturated rings. The predicted molar refractivity (Wildman–Crippen MR) is 87.6 cm³/mol. The fourth-order valence-electron chi connectivity index (χ4n) is 4.47. The molecule has 22 heavy (non-hydrogen) atoms. The largest absolute Gasteiger partial charge is 0.353 e. The third-order valence-electron chi connectivity index (χ3n) is 5.72. The van der Waals surface area contributed by atoms with E-state index in [1.807, 2.05) is 7.05 Å². The average Bonchev–Trinajstić information content (AvgIpc) is 2.42. The van der Waals surface area contributed by atoms with Gasteiger partial charge in [0.25, 0.3) is 0 Å². The number of hydrogen-bond donors (Lipinski definition) is 2. The van der Waals surface area contributed by atoms with E-state index in [4.69, 9.17) is 5.73 Å². The van der Waals surface area contributed by atoms with Crippen LogP contribution in [0.3, 0.4) is 0 Å². The first-order valence-corrected chi connectivity index (χ1v) is 8.34. The number of nitrogens with one attached hydrogen (secondary N) is 1. The van der Waals surface area contributed by atoms with Crippen molar-refractivity contribution in [1.82, 2.24) is 10.2 Å². The van der Waals surface area contributed by atoms with Crippen LogP contribution in [0.15, 0.2) is 0 Å². The molecule has 0 aromatic carbocycles. The second-order valence-electron chi connectivity index (χ2n) is 7.22. The summed E-state index contributed by atoms with van der Waals surface area (Å²) in [6.07, 6.45) is 6.85. The Labute approximate surface area is 138 Å². The van der Waals surface area contributed by atoms with Crippen LogP contribution in [0, 0.1) is 17.8 Å². The van der Waals surface area contributed by atoms with Crippen LogP contribution in [0.25, 0.3) is 0 Å². The lowest BCUT2D eigenvalue weighted by Crippen LogP contribution is -2.55. The SMILES string of the molecule is CN1CCC(C(=O)NC2C3CCCC2CC(N)C3)CC1=O.Cl. The van der Waals surface area contributed by atoms with Crippen molar-refractivity contribution in [2.75, 3.05) is 13.6 Å². The molecule has 0 aromatic rings. The highest BCUT2D eigenvalue weighted by atomic mass is 35.5. The molecule has 2 aliphatic carbocycles. The predicted octanol–water partition coefficient (Wildman–Crippen LogP) is 1.30. The van der Waals surface area contributed by atoms with Crippen LogP contribution >= 0.6 is 12.4 Å². The van der Waals surface area contributed by atoms with E-state index >= 15 is 0 Å². The smallest absolute Gasteiger partial charge is 0.223 e. The highest BCUT2D eigenvalue weighted by Gasteiger charge is 2.41. The zero-order valence-corrected chi connectivity index (χ0v) is 14.1. The summed E-state index contributed by atoms with van der Waals surface area (Å²) in [6, 6.07) is 0.596. The van der Waals surface area contributed by atoms with Crippen molar-refractivity contribution in [1.29, 1.82) is 0 Å². The average molecular weight is 330 g/mol. The van der Waals surface area contributed by atoms with E-state index in [0.717, 1.165) is 19.3 Å². The number of nitrogens with zero attached hydrogens (tertiary/aromatic N) is 1. The van der Waals surface area contributed by atoms with Gasteiger partial charge in [0, 0.05) is 38.0 Å². The van der Waals surface area contributed by atoms with Gasteiger partial charge in [0.1, 0.15) is 0 Å². The molecule has 126 valence electrons. The van der Waals surface area contributed by atoms with Crippen LogP contribution in [0.5, 0.6) is 0 Å². The molecule has 0 aromatic heterocycles. The van der Waals surface area contributed by atoms with E-state index in [9.17, 15) is 9.59 Å². The Bertz CT molecular complexity index is 418. The Morgan fingerprint density at radius 2 is 1.86 bits per heavy atom. The summed E-state index contributed by atoms with van der Waals surface area (Å²) in [5, 5.41) is 3.28. The summed E-state index contributed by atoms with van der Waals surface area (Å²) < 4.78 is 0. The Hall–Kier alpha value is -0.810. The number of carbonyl (C=O) groups is 2. The third kappa shape index (κ3) is 3.57. The lowest BCUT2D eigenvalue weighted by atomic mass is 9.67. The number of likely N-dealkylation sites (tertiary alicyclic amines) is 1. The van der Waals surface area contributed by atoms with Gasteiger partial charge in [-0.2, -0.15) is 0 Å². The van der Waals surface area contributed by atoms with Gasteiger partial charge in [0.2, 0.25) is 11.8 Å². The lowest BCUT2D eigenvalue weighted by Gasteiger charge is -2.45. The van der Waals surface area contributed by atoms with E-state index in [2.05, 4.69) is 5.32 Å². The molecular weight excluding hydrogens is 302 g/mol. The fraction of sp³-hybridized carbons (Fsp3) is 0.875. The van der Waals surface area contributed by atoms with Crippen LogP contribution in [-0.2, 0) is 9.59 Å². The molecule has 1 saturated heterocycles. The minimum absolute atomic E-state index is 0. The minimum atomic E-state index is -0.134. The molecule has 1 heterocycles. The van der Waals surface area contributed by atoms with Gasteiger partial charge in [-0.15, -0.1) is 12.4 Å². The van der Waals surface area contributed by atoms with Crippen LogP contribution in [-0.4, -0.2) is 42.4 Å². The van der Waals surface area contributed by atoms with Gasteiger partial charge in [0.15, 0.2) is 0 Å². The van der Waals surface area contributed by atoms with Gasteiger partial charge in [-0.3, -0.25) is 9.59 Å². The zero-order chi connectivity index (χ0) is 15.0. The van der Waals surface area contributed by atoms with E-state index in [-0.39, 0.29) is 30.1 Å². The summed E-state index contributed by atoms with van der Waals surface area (Å²) in [4.78, 5) is 26.0. The molecule has 5 nitrogen and oxygen atoms in total. The minimum Gasteiger partial charge on any atom is -0.353 e. The molecule has 1 aliphatic heterocycles. The maximum Gasteiger partial charge on any atom is 0.223 e. The van der Waals surface area contributed by atoms with Crippen LogP contribution < -0.4 is 11.1 Å². The van der Waals surface area contributed by atoms with Crippen LogP contribution in [0.2, 0.25) is 0 Å². The summed E-state index contributed by atoms with van der Waals surface area (Å²) in [7, 11) is 1.81. The van der Waals surface area contributed by atoms with Gasteiger partial charge in [0.05, 0.1) is 0 Å². The first kappa shape index (κ1) is 17.5. The monoisotopic (exact) mass is 329 g/mol. The number of piperidine rings is 1. The first-order chi connectivity index (χ1) is 10.0. The standard InChI is InChI=1S/C16H27N3O2.ClH/c1-19-6-5-12(9-14(19)20)16(21)18-15-10-3-2-4-11(15)8-13(17)7-10;/h10-13,15H,2-9,17H2,1H3,(H,18,21);1H. The molecule has 2 bridgehead atoms. The van der Waals surface area contributed by atoms with Crippen molar-refractivity contribution in [2.45, 2.75) is 57.0 Å². The molecule has 2 saturated carbocycles. The van der Waals surface area contributed by atoms with Gasteiger partial charge in [-0.25, -0.2) is 0 Å². The number of amides is 2. The summed E-state index contributed by atoms with van der Waals surface area (Å²) in [5.41, 5.74) is 6.13. The number of nitrogens with two attached hydrogens (primary N) is 1. The third-order valence-corrected chi connectivity index (χ3v) is 5.72. The Morgan fingerprint density at radius 1 is 1.23 bits per heavy atom. The summed E-state index contributed by atoms with van der Waals surface area (Å²) in [5.74, 6) is 1.13. The second kappa shape index (κ2) is 7.18. The number of fused-ring (bicyclic) bond motifs is 2. The summed E-state index contributed by atoms with van der Waals surface area (Å²) >= 11 is 0. The Balaban J connectivity index is 0.00000176. The molecule has 3 N–H and O–H groups in total. The van der Waals surface area contributed by atoms with Crippen molar-refractivity contribution >= 4 is 24.2 Å². The van der Waals surface area contributed by atoms with E-state index in [0.29, 0.717) is 36.9 Å². The van der Waals surface area contributed by atoms with Crippen molar-refractivity contribution in [3.8, 4) is 0 Å². The fourth-order valence-corrected chi connectivity index (χ4v) is 4.47. The summed E-state index contributed by atoms with van der Waals surface area (Å²) in [6.45, 7) is 0.694. The Morgan fingerprint density at radius 3 is 2.45 bits per heavy atom. The van der Waals surface area contributed by atoms with Gasteiger partial charge < -0.3 is 16.0 Å². The highest BCUT2D eigenvalue weighted by molar-refractivity contribution is 5.87. The molecule has 3 rings (SSSR count). The van der Waals surface area contributed by atoms with E-state index in [1.54, 1.807) is 4.90 Å². The van der Waals surface area contributed by atoms with Crippen molar-refractivity contribution in [2.24, 2.45) is 23.5 Å². The normalized spacial score (nSPS) is 38.2. The molecule has 2 amide bonds. The maximum absolute atomic E-state index is 12.5. The number of rotatable bonds is 2. The number of hydrogen-bond acceptors (Lipinski definition) is 3. The van der Waals surface area contributed by atoms with Gasteiger partial charge in [-0.05, 0) is 43.9 Å². The number of carbonyl (C=O) groups excluding carboxylic acids is 2. The van der Waals surface area contributed by atoms with E-state index < -0.39 is 0 Å². The van der Waals surface area contributed by atoms with Crippen molar-refractivity contribution in [3.05, 3.63) is 0 Å². The van der Waals surface area contributed by atoms with Crippen LogP contribution in [0.4, 0.5) is 0 Å². The molecule has 3 aliphatic rings. The quantitative estimate of drug-likeness (QED) is 0.801. The maximum atomic E-state index is 12.5. The zero-order valence-electron chi connectivity index (χ0n) is 13.3. The molecule has 6 heteroatoms. The van der Waals surface area contributed by atoms with Crippen molar-refractivity contribution < 1.29 is 9.59 Å². The van der Waals surface area contributed by atoms with Crippen LogP contribution in [0.1, 0.15) is 44.9 Å². The topological polar surface area (TPSA) is 75.4 Å². The molecule has 0 radical (unpaired) electrons. The van der Waals surface area contributed by atoms with E-state index in [1.165, 1.54) is 19.3 Å². The first-order valence-electron chi connectivity index (χ1n) is 8.34. The highest BCUT2D eigenvalue weighted by Crippen LogP contribution is 2.39. The van der Waals surface area contributed by atoms with Crippen molar-refractivity contribution in [3.63, 3.8) is 0 Å². The second-order valence-corrected chi connectivity index (χ2v) is 7.22. The Kier molecular flexibility index (Phi) is 5.72. The molecular formula is C16H28ClN3O2. The number of halogens is 1. The molecule has 3 atom stereocenters.